The predicted molar refractivity (Wildman–Crippen MR) is 85.7 cm³/mol. The highest BCUT2D eigenvalue weighted by molar-refractivity contribution is 8.00. The highest BCUT2D eigenvalue weighted by Gasteiger charge is 2.53. The zero-order valence-corrected chi connectivity index (χ0v) is 14.4. The van der Waals surface area contributed by atoms with Gasteiger partial charge in [-0.05, 0) is 10.4 Å². The number of esters is 1. The fraction of sp³-hybridized carbons (Fsp3) is 0.462. The van der Waals surface area contributed by atoms with Crippen LogP contribution in [-0.2, 0) is 30.5 Å². The maximum atomic E-state index is 12.4. The fourth-order valence-electron chi connectivity index (χ4n) is 2.64. The van der Waals surface area contributed by atoms with Gasteiger partial charge in [0.2, 0.25) is 5.91 Å². The SMILES string of the molecule is CC(=O)OCC1=C(C(N)=O)N2C(=O)[C@@H](NC(=O)Cn3cnnn3)[C@H]2SC1. The standard InChI is InChI=1S/C13H15N7O5S/c1-6(21)25-3-7-4-26-13-9(12(24)20(13)10(7)11(14)23)16-8(22)2-19-5-15-17-18-19/h5,9,13H,2-4H2,1H3,(H2,14,23)(H,16,22)/t9-,13-/m1/s1. The number of nitrogens with one attached hydrogen (secondary N) is 1. The van der Waals surface area contributed by atoms with E-state index in [4.69, 9.17) is 10.5 Å². The number of ether oxygens (including phenoxy) is 1. The summed E-state index contributed by atoms with van der Waals surface area (Å²) in [5, 5.41) is 12.6. The average Bonchev–Trinajstić information content (AvgIpc) is 3.09. The van der Waals surface area contributed by atoms with Crippen LogP contribution in [0.3, 0.4) is 0 Å². The molecule has 2 aliphatic rings. The van der Waals surface area contributed by atoms with E-state index in [1.807, 2.05) is 0 Å². The van der Waals surface area contributed by atoms with Gasteiger partial charge in [-0.1, -0.05) is 0 Å². The van der Waals surface area contributed by atoms with Crippen LogP contribution >= 0.6 is 11.8 Å². The summed E-state index contributed by atoms with van der Waals surface area (Å²) in [4.78, 5) is 48.5. The van der Waals surface area contributed by atoms with Crippen molar-refractivity contribution >= 4 is 35.5 Å². The van der Waals surface area contributed by atoms with E-state index >= 15 is 0 Å². The Morgan fingerprint density at radius 1 is 1.46 bits per heavy atom. The van der Waals surface area contributed by atoms with E-state index in [-0.39, 0.29) is 18.8 Å². The summed E-state index contributed by atoms with van der Waals surface area (Å²) in [6.45, 7) is 0.992. The molecule has 0 bridgehead atoms. The Balaban J connectivity index is 1.69. The van der Waals surface area contributed by atoms with Crippen LogP contribution in [0.25, 0.3) is 0 Å². The summed E-state index contributed by atoms with van der Waals surface area (Å²) in [6.07, 6.45) is 1.28. The number of β-lactam (4-membered cyclic amide) rings is 1. The number of carbonyl (C=O) groups excluding carboxylic acids is 4. The van der Waals surface area contributed by atoms with Gasteiger partial charge in [-0.3, -0.25) is 24.1 Å². The summed E-state index contributed by atoms with van der Waals surface area (Å²) in [5.74, 6) is -1.84. The third-order valence-corrected chi connectivity index (χ3v) is 5.08. The summed E-state index contributed by atoms with van der Waals surface area (Å²) >= 11 is 1.34. The molecule has 12 nitrogen and oxygen atoms in total. The molecule has 3 heterocycles. The highest BCUT2D eigenvalue weighted by atomic mass is 32.2. The number of aromatic nitrogens is 4. The number of carbonyl (C=O) groups is 4. The molecule has 138 valence electrons. The van der Waals surface area contributed by atoms with Gasteiger partial charge in [0.15, 0.2) is 0 Å². The van der Waals surface area contributed by atoms with Crippen molar-refractivity contribution in [2.24, 2.45) is 5.73 Å². The third kappa shape index (κ3) is 3.37. The molecule has 0 spiro atoms. The van der Waals surface area contributed by atoms with Crippen LogP contribution < -0.4 is 11.1 Å². The minimum atomic E-state index is -0.788. The Morgan fingerprint density at radius 2 is 2.23 bits per heavy atom. The van der Waals surface area contributed by atoms with Crippen LogP contribution in [0.2, 0.25) is 0 Å². The van der Waals surface area contributed by atoms with Crippen LogP contribution in [-0.4, -0.2) is 72.6 Å². The lowest BCUT2D eigenvalue weighted by Crippen LogP contribution is -2.71. The van der Waals surface area contributed by atoms with Crippen molar-refractivity contribution in [3.8, 4) is 0 Å². The van der Waals surface area contributed by atoms with Crippen molar-refractivity contribution in [1.29, 1.82) is 0 Å². The molecule has 26 heavy (non-hydrogen) atoms. The normalized spacial score (nSPS) is 21.7. The number of hydrogen-bond donors (Lipinski definition) is 2. The van der Waals surface area contributed by atoms with Crippen LogP contribution in [0.15, 0.2) is 17.6 Å². The maximum absolute atomic E-state index is 12.4. The van der Waals surface area contributed by atoms with Gasteiger partial charge in [-0.25, -0.2) is 4.68 Å². The number of thioether (sulfide) groups is 1. The van der Waals surface area contributed by atoms with Gasteiger partial charge >= 0.3 is 5.97 Å². The van der Waals surface area contributed by atoms with Crippen LogP contribution in [0.4, 0.5) is 0 Å². The first-order valence-electron chi connectivity index (χ1n) is 7.48. The number of amides is 3. The molecular formula is C13H15N7O5S. The molecule has 0 aliphatic carbocycles. The minimum Gasteiger partial charge on any atom is -0.461 e. The molecule has 0 aromatic carbocycles. The minimum absolute atomic E-state index is 0.0194. The first-order valence-corrected chi connectivity index (χ1v) is 8.53. The number of nitrogens with zero attached hydrogens (tertiary/aromatic N) is 5. The Bertz CT molecular complexity index is 793. The van der Waals surface area contributed by atoms with Gasteiger partial charge < -0.3 is 15.8 Å². The number of nitrogens with two attached hydrogens (primary N) is 1. The molecule has 13 heteroatoms. The lowest BCUT2D eigenvalue weighted by molar-refractivity contribution is -0.147. The van der Waals surface area contributed by atoms with Crippen molar-refractivity contribution in [2.75, 3.05) is 12.4 Å². The lowest BCUT2D eigenvalue weighted by Gasteiger charge is -2.49. The number of tetrazole rings is 1. The molecule has 3 N–H and O–H groups in total. The van der Waals surface area contributed by atoms with Gasteiger partial charge in [-0.2, -0.15) is 0 Å². The summed E-state index contributed by atoms with van der Waals surface area (Å²) in [6, 6.07) is -0.784. The Morgan fingerprint density at radius 3 is 2.85 bits per heavy atom. The molecule has 0 unspecified atom stereocenters. The van der Waals surface area contributed by atoms with E-state index in [1.165, 1.54) is 34.6 Å². The zero-order valence-electron chi connectivity index (χ0n) is 13.6. The van der Waals surface area contributed by atoms with Crippen molar-refractivity contribution in [1.82, 2.24) is 30.4 Å². The molecule has 1 aromatic heterocycles. The Hall–Kier alpha value is -2.96. The molecule has 0 radical (unpaired) electrons. The first kappa shape index (κ1) is 17.8. The van der Waals surface area contributed by atoms with Crippen LogP contribution in [0, 0.1) is 0 Å². The first-order chi connectivity index (χ1) is 12.4. The summed E-state index contributed by atoms with van der Waals surface area (Å²) in [7, 11) is 0. The molecule has 2 aliphatic heterocycles. The van der Waals surface area contributed by atoms with Gasteiger partial charge in [-0.15, -0.1) is 16.9 Å². The van der Waals surface area contributed by atoms with Crippen LogP contribution in [0.1, 0.15) is 6.92 Å². The topological polar surface area (TPSA) is 162 Å². The fourth-order valence-corrected chi connectivity index (χ4v) is 3.97. The summed E-state index contributed by atoms with van der Waals surface area (Å²) < 4.78 is 6.13. The van der Waals surface area contributed by atoms with Crippen molar-refractivity contribution in [2.45, 2.75) is 24.9 Å². The smallest absolute Gasteiger partial charge is 0.302 e. The molecule has 0 saturated carbocycles. The Labute approximate surface area is 151 Å². The van der Waals surface area contributed by atoms with Crippen molar-refractivity contribution in [3.05, 3.63) is 17.6 Å². The van der Waals surface area contributed by atoms with Crippen LogP contribution in [0.5, 0.6) is 0 Å². The molecule has 3 rings (SSSR count). The molecule has 3 amide bonds. The average molecular weight is 381 g/mol. The van der Waals surface area contributed by atoms with E-state index in [0.29, 0.717) is 11.3 Å². The molecule has 1 fully saturated rings. The van der Waals surface area contributed by atoms with Gasteiger partial charge in [0.05, 0.1) is 0 Å². The van der Waals surface area contributed by atoms with Crippen molar-refractivity contribution in [3.63, 3.8) is 0 Å². The largest absolute Gasteiger partial charge is 0.461 e. The maximum Gasteiger partial charge on any atom is 0.302 e. The third-order valence-electron chi connectivity index (χ3n) is 3.74. The number of primary amides is 1. The van der Waals surface area contributed by atoms with E-state index < -0.39 is 35.1 Å². The van der Waals surface area contributed by atoms with E-state index in [1.54, 1.807) is 0 Å². The van der Waals surface area contributed by atoms with Gasteiger partial charge in [0.1, 0.15) is 36.6 Å². The predicted octanol–water partition coefficient (Wildman–Crippen LogP) is -2.62. The number of fused-ring (bicyclic) bond motifs is 1. The van der Waals surface area contributed by atoms with Gasteiger partial charge in [0, 0.05) is 18.2 Å². The molecule has 1 saturated heterocycles. The van der Waals surface area contributed by atoms with Gasteiger partial charge in [0.25, 0.3) is 11.8 Å². The highest BCUT2D eigenvalue weighted by Crippen LogP contribution is 2.40. The monoisotopic (exact) mass is 381 g/mol. The van der Waals surface area contributed by atoms with E-state index in [9.17, 15) is 19.2 Å². The molecule has 1 aromatic rings. The summed E-state index contributed by atoms with van der Waals surface area (Å²) in [5.41, 5.74) is 5.87. The second-order valence-corrected chi connectivity index (χ2v) is 6.66. The molecule has 2 atom stereocenters. The lowest BCUT2D eigenvalue weighted by atomic mass is 10.0. The van der Waals surface area contributed by atoms with Crippen molar-refractivity contribution < 1.29 is 23.9 Å². The second kappa shape index (κ2) is 7.11. The van der Waals surface area contributed by atoms with E-state index in [0.717, 1.165) is 0 Å². The van der Waals surface area contributed by atoms with E-state index in [2.05, 4.69) is 20.8 Å². The zero-order chi connectivity index (χ0) is 18.8. The quantitative estimate of drug-likeness (QED) is 0.396. The number of hydrogen-bond acceptors (Lipinski definition) is 9. The molecular weight excluding hydrogens is 366 g/mol. The second-order valence-electron chi connectivity index (χ2n) is 5.56. The Kier molecular flexibility index (Phi) is 4.88. The number of rotatable bonds is 6.